The third-order valence-corrected chi connectivity index (χ3v) is 3.06. The van der Waals surface area contributed by atoms with E-state index in [1.165, 1.54) is 7.11 Å². The van der Waals surface area contributed by atoms with Crippen molar-refractivity contribution in [3.05, 3.63) is 23.8 Å². The van der Waals surface area contributed by atoms with Crippen LogP contribution >= 0.6 is 0 Å². The van der Waals surface area contributed by atoms with Crippen LogP contribution in [-0.4, -0.2) is 26.3 Å². The maximum absolute atomic E-state index is 12.4. The Balaban J connectivity index is 2.18. The largest absolute Gasteiger partial charge is 0.493 e. The Morgan fingerprint density at radius 3 is 2.63 bits per heavy atom. The fourth-order valence-electron chi connectivity index (χ4n) is 1.93. The van der Waals surface area contributed by atoms with Crippen LogP contribution in [-0.2, 0) is 0 Å². The fourth-order valence-corrected chi connectivity index (χ4v) is 1.93. The number of hydrogen-bond donors (Lipinski definition) is 2. The van der Waals surface area contributed by atoms with Crippen LogP contribution in [0.5, 0.6) is 11.5 Å². The average Bonchev–Trinajstić information content (AvgIpc) is 3.19. The van der Waals surface area contributed by atoms with Crippen molar-refractivity contribution in [1.29, 1.82) is 0 Å². The Kier molecular flexibility index (Phi) is 4.55. The molecule has 0 heterocycles. The van der Waals surface area contributed by atoms with Gasteiger partial charge in [0.25, 0.3) is 0 Å². The number of rotatable bonds is 7. The summed E-state index contributed by atoms with van der Waals surface area (Å²) < 4.78 is 34.2. The van der Waals surface area contributed by atoms with Crippen molar-refractivity contribution in [1.82, 2.24) is 5.32 Å². The van der Waals surface area contributed by atoms with E-state index in [-0.39, 0.29) is 17.5 Å². The topological polar surface area (TPSA) is 56.5 Å². The van der Waals surface area contributed by atoms with E-state index in [1.54, 1.807) is 12.1 Å². The minimum Gasteiger partial charge on any atom is -0.493 e. The zero-order valence-corrected chi connectivity index (χ0v) is 10.7. The quantitative estimate of drug-likeness (QED) is 0.797. The number of hydrogen-bond acceptors (Lipinski definition) is 4. The minimum absolute atomic E-state index is 0.0334. The van der Waals surface area contributed by atoms with Gasteiger partial charge in [-0.25, -0.2) is 0 Å². The Bertz CT molecular complexity index is 425. The van der Waals surface area contributed by atoms with Gasteiger partial charge in [-0.05, 0) is 30.5 Å². The molecule has 1 aliphatic rings. The van der Waals surface area contributed by atoms with Crippen LogP contribution in [0.3, 0.4) is 0 Å². The SMILES string of the molecule is COc1ccc(C(CN)NC2CC2)cc1OC(F)F. The van der Waals surface area contributed by atoms with Crippen LogP contribution in [0.1, 0.15) is 24.4 Å². The van der Waals surface area contributed by atoms with Gasteiger partial charge < -0.3 is 20.5 Å². The van der Waals surface area contributed by atoms with Crippen molar-refractivity contribution in [3.8, 4) is 11.5 Å². The number of methoxy groups -OCH3 is 1. The molecule has 2 rings (SSSR count). The molecular weight excluding hydrogens is 254 g/mol. The van der Waals surface area contributed by atoms with Crippen LogP contribution in [0.25, 0.3) is 0 Å². The highest BCUT2D eigenvalue weighted by molar-refractivity contribution is 5.44. The molecule has 1 aromatic carbocycles. The first-order chi connectivity index (χ1) is 9.13. The highest BCUT2D eigenvalue weighted by Crippen LogP contribution is 2.32. The Morgan fingerprint density at radius 2 is 2.11 bits per heavy atom. The number of halogens is 2. The zero-order chi connectivity index (χ0) is 13.8. The maximum Gasteiger partial charge on any atom is 0.387 e. The van der Waals surface area contributed by atoms with Crippen LogP contribution in [0.15, 0.2) is 18.2 Å². The second-order valence-corrected chi connectivity index (χ2v) is 4.52. The standard InChI is InChI=1S/C13H18F2N2O2/c1-18-11-5-2-8(6-12(11)19-13(14)15)10(7-16)17-9-3-4-9/h2,5-6,9-10,13,17H,3-4,7,16H2,1H3. The fraction of sp³-hybridized carbons (Fsp3) is 0.538. The molecule has 6 heteroatoms. The van der Waals surface area contributed by atoms with E-state index < -0.39 is 6.61 Å². The predicted octanol–water partition coefficient (Wildman–Crippen LogP) is 2.05. The van der Waals surface area contributed by atoms with Crippen LogP contribution in [0.2, 0.25) is 0 Å². The molecule has 0 aromatic heterocycles. The van der Waals surface area contributed by atoms with Crippen molar-refractivity contribution in [2.24, 2.45) is 5.73 Å². The van der Waals surface area contributed by atoms with Crippen molar-refractivity contribution < 1.29 is 18.3 Å². The van der Waals surface area contributed by atoms with Gasteiger partial charge in [0.1, 0.15) is 0 Å². The molecular formula is C13H18F2N2O2. The lowest BCUT2D eigenvalue weighted by molar-refractivity contribution is -0.0512. The maximum atomic E-state index is 12.4. The van der Waals surface area contributed by atoms with E-state index >= 15 is 0 Å². The van der Waals surface area contributed by atoms with Crippen molar-refractivity contribution in [2.75, 3.05) is 13.7 Å². The molecule has 0 radical (unpaired) electrons. The normalized spacial score (nSPS) is 16.5. The molecule has 0 amide bonds. The minimum atomic E-state index is -2.88. The summed E-state index contributed by atoms with van der Waals surface area (Å²) in [7, 11) is 1.41. The summed E-state index contributed by atoms with van der Waals surface area (Å²) in [4.78, 5) is 0. The summed E-state index contributed by atoms with van der Waals surface area (Å²) in [6.45, 7) is -2.48. The van der Waals surface area contributed by atoms with Gasteiger partial charge in [0.05, 0.1) is 7.11 Å². The molecule has 106 valence electrons. The predicted molar refractivity (Wildman–Crippen MR) is 67.6 cm³/mol. The van der Waals surface area contributed by atoms with Gasteiger partial charge >= 0.3 is 6.61 Å². The molecule has 1 aliphatic carbocycles. The van der Waals surface area contributed by atoms with Crippen LogP contribution in [0, 0.1) is 0 Å². The van der Waals surface area contributed by atoms with E-state index in [9.17, 15) is 8.78 Å². The molecule has 1 unspecified atom stereocenters. The monoisotopic (exact) mass is 272 g/mol. The van der Waals surface area contributed by atoms with Gasteiger partial charge in [-0.1, -0.05) is 6.07 Å². The van der Waals surface area contributed by atoms with Gasteiger partial charge in [-0.2, -0.15) is 8.78 Å². The number of ether oxygens (including phenoxy) is 2. The van der Waals surface area contributed by atoms with E-state index in [0.29, 0.717) is 12.6 Å². The molecule has 4 nitrogen and oxygen atoms in total. The molecule has 1 atom stereocenters. The van der Waals surface area contributed by atoms with Crippen LogP contribution in [0.4, 0.5) is 8.78 Å². The molecule has 19 heavy (non-hydrogen) atoms. The van der Waals surface area contributed by atoms with Crippen molar-refractivity contribution >= 4 is 0 Å². The lowest BCUT2D eigenvalue weighted by Gasteiger charge is -2.19. The second kappa shape index (κ2) is 6.16. The van der Waals surface area contributed by atoms with Gasteiger partial charge in [0.15, 0.2) is 11.5 Å². The molecule has 0 aliphatic heterocycles. The summed E-state index contributed by atoms with van der Waals surface area (Å²) in [5.41, 5.74) is 6.54. The lowest BCUT2D eigenvalue weighted by Crippen LogP contribution is -2.29. The van der Waals surface area contributed by atoms with Crippen molar-refractivity contribution in [2.45, 2.75) is 31.5 Å². The average molecular weight is 272 g/mol. The molecule has 1 fully saturated rings. The van der Waals surface area contributed by atoms with Gasteiger partial charge in [-0.3, -0.25) is 0 Å². The van der Waals surface area contributed by atoms with Crippen LogP contribution < -0.4 is 20.5 Å². The Labute approximate surface area is 110 Å². The first-order valence-electron chi connectivity index (χ1n) is 6.23. The number of nitrogens with one attached hydrogen (secondary N) is 1. The zero-order valence-electron chi connectivity index (χ0n) is 10.7. The number of nitrogens with two attached hydrogens (primary N) is 1. The molecule has 1 aromatic rings. The van der Waals surface area contributed by atoms with E-state index in [2.05, 4.69) is 10.1 Å². The molecule has 0 spiro atoms. The smallest absolute Gasteiger partial charge is 0.387 e. The summed E-state index contributed by atoms with van der Waals surface area (Å²) in [5, 5.41) is 3.37. The highest BCUT2D eigenvalue weighted by atomic mass is 19.3. The summed E-state index contributed by atoms with van der Waals surface area (Å²) in [6, 6.07) is 5.40. The van der Waals surface area contributed by atoms with E-state index in [0.717, 1.165) is 18.4 Å². The van der Waals surface area contributed by atoms with Gasteiger partial charge in [-0.15, -0.1) is 0 Å². The second-order valence-electron chi connectivity index (χ2n) is 4.52. The third-order valence-electron chi connectivity index (χ3n) is 3.06. The van der Waals surface area contributed by atoms with Gasteiger partial charge in [0.2, 0.25) is 0 Å². The summed E-state index contributed by atoms with van der Waals surface area (Å²) in [6.07, 6.45) is 2.26. The Morgan fingerprint density at radius 1 is 1.37 bits per heavy atom. The van der Waals surface area contributed by atoms with E-state index in [1.807, 2.05) is 6.07 Å². The highest BCUT2D eigenvalue weighted by Gasteiger charge is 2.25. The molecule has 1 saturated carbocycles. The number of benzene rings is 1. The summed E-state index contributed by atoms with van der Waals surface area (Å²) in [5.74, 6) is 0.317. The number of alkyl halides is 2. The lowest BCUT2D eigenvalue weighted by atomic mass is 10.1. The third kappa shape index (κ3) is 3.78. The Hall–Kier alpha value is -1.40. The first kappa shape index (κ1) is 14.0. The summed E-state index contributed by atoms with van der Waals surface area (Å²) >= 11 is 0. The molecule has 0 bridgehead atoms. The van der Waals surface area contributed by atoms with Crippen molar-refractivity contribution in [3.63, 3.8) is 0 Å². The molecule has 3 N–H and O–H groups in total. The molecule has 0 saturated heterocycles. The van der Waals surface area contributed by atoms with E-state index in [4.69, 9.17) is 10.5 Å². The first-order valence-corrected chi connectivity index (χ1v) is 6.23. The van der Waals surface area contributed by atoms with Gasteiger partial charge in [0, 0.05) is 18.6 Å².